The summed E-state index contributed by atoms with van der Waals surface area (Å²) in [7, 11) is 1.72. The van der Waals surface area contributed by atoms with Crippen LogP contribution < -0.4 is 0 Å². The minimum atomic E-state index is -0.655. The van der Waals surface area contributed by atoms with Gasteiger partial charge in [-0.15, -0.1) is 0 Å². The summed E-state index contributed by atoms with van der Waals surface area (Å²) < 4.78 is 35.6. The first kappa shape index (κ1) is 25.1. The Bertz CT molecular complexity index is 747. The third-order valence-electron chi connectivity index (χ3n) is 8.54. The molecule has 0 aromatic rings. The van der Waals surface area contributed by atoms with Crippen LogP contribution in [-0.2, 0) is 33.2 Å². The summed E-state index contributed by atoms with van der Waals surface area (Å²) in [4.78, 5) is 12.7. The second-order valence-corrected chi connectivity index (χ2v) is 11.1. The van der Waals surface area contributed by atoms with E-state index in [2.05, 4.69) is 40.7 Å². The van der Waals surface area contributed by atoms with Gasteiger partial charge in [0.15, 0.2) is 5.79 Å². The van der Waals surface area contributed by atoms with Crippen LogP contribution in [0.2, 0.25) is 0 Å². The highest BCUT2D eigenvalue weighted by molar-refractivity contribution is 5.70. The Balaban J connectivity index is 1.46. The number of hydrogen-bond donors (Lipinski definition) is 0. The van der Waals surface area contributed by atoms with Crippen molar-refractivity contribution in [1.29, 1.82) is 0 Å². The molecular formula is C26H42O7. The number of fused-ring (bicyclic) bond motifs is 2. The quantitative estimate of drug-likeness (QED) is 0.332. The standard InChI is InChI=1S/C26H42O7/c1-16(22(28-7)18(3)26(6)29-14-15-30-26)8-9-19-17(2)23-25(5,33-23)12-10-20-24(4,32-20)13-11-21(27)31-19/h8-9,16-20,22-23H,10-15H2,1-7H3/b9-8-/t16-,17+,18-,19+,20-,22+,23-,24-,25-/m1/s1. The van der Waals surface area contributed by atoms with Crippen LogP contribution in [0.4, 0.5) is 0 Å². The largest absolute Gasteiger partial charge is 0.458 e. The molecular weight excluding hydrogens is 424 g/mol. The van der Waals surface area contributed by atoms with Gasteiger partial charge in [0.05, 0.1) is 42.7 Å². The lowest BCUT2D eigenvalue weighted by Crippen LogP contribution is -2.44. The molecule has 9 atom stereocenters. The van der Waals surface area contributed by atoms with Crippen LogP contribution in [0.25, 0.3) is 0 Å². The van der Waals surface area contributed by atoms with Crippen molar-refractivity contribution in [3.63, 3.8) is 0 Å². The van der Waals surface area contributed by atoms with E-state index in [1.165, 1.54) is 0 Å². The molecule has 0 aromatic carbocycles. The van der Waals surface area contributed by atoms with Crippen molar-refractivity contribution < 1.29 is 33.2 Å². The molecule has 0 saturated carbocycles. The van der Waals surface area contributed by atoms with Gasteiger partial charge < -0.3 is 28.4 Å². The summed E-state index contributed by atoms with van der Waals surface area (Å²) in [6.45, 7) is 13.8. The van der Waals surface area contributed by atoms with Crippen molar-refractivity contribution in [2.45, 2.75) is 109 Å². The molecule has 4 heterocycles. The van der Waals surface area contributed by atoms with Gasteiger partial charge in [0.1, 0.15) is 6.10 Å². The zero-order valence-corrected chi connectivity index (χ0v) is 21.3. The molecule has 7 heteroatoms. The van der Waals surface area contributed by atoms with Gasteiger partial charge in [-0.05, 0) is 46.1 Å². The highest BCUT2D eigenvalue weighted by atomic mass is 16.7. The molecule has 188 valence electrons. The van der Waals surface area contributed by atoms with Gasteiger partial charge in [-0.2, -0.15) is 0 Å². The predicted octanol–water partition coefficient (Wildman–Crippen LogP) is 4.03. The van der Waals surface area contributed by atoms with Crippen molar-refractivity contribution in [1.82, 2.24) is 0 Å². The molecule has 0 unspecified atom stereocenters. The van der Waals surface area contributed by atoms with Crippen molar-refractivity contribution in [3.8, 4) is 0 Å². The highest BCUT2D eigenvalue weighted by Crippen LogP contribution is 2.51. The number of ether oxygens (including phenoxy) is 6. The topological polar surface area (TPSA) is 79.1 Å². The fourth-order valence-electron chi connectivity index (χ4n) is 5.83. The summed E-state index contributed by atoms with van der Waals surface area (Å²) in [6, 6.07) is 0. The summed E-state index contributed by atoms with van der Waals surface area (Å²) in [5.41, 5.74) is -0.377. The number of hydrogen-bond acceptors (Lipinski definition) is 7. The van der Waals surface area contributed by atoms with Crippen LogP contribution in [0.3, 0.4) is 0 Å². The normalized spacial score (nSPS) is 43.4. The van der Waals surface area contributed by atoms with E-state index in [1.807, 2.05) is 13.0 Å². The van der Waals surface area contributed by atoms with E-state index in [9.17, 15) is 4.79 Å². The van der Waals surface area contributed by atoms with E-state index in [0.29, 0.717) is 26.1 Å². The number of carbonyl (C=O) groups excluding carboxylic acids is 1. The van der Waals surface area contributed by atoms with Crippen LogP contribution in [0.1, 0.15) is 67.2 Å². The molecule has 4 saturated heterocycles. The molecule has 0 N–H and O–H groups in total. The van der Waals surface area contributed by atoms with E-state index < -0.39 is 5.79 Å². The Labute approximate surface area is 198 Å². The second-order valence-electron chi connectivity index (χ2n) is 11.1. The molecule has 0 radical (unpaired) electrons. The van der Waals surface area contributed by atoms with Crippen molar-refractivity contribution in [2.75, 3.05) is 20.3 Å². The van der Waals surface area contributed by atoms with Crippen LogP contribution in [0.15, 0.2) is 12.2 Å². The Kier molecular flexibility index (Phi) is 7.02. The zero-order chi connectivity index (χ0) is 24.0. The molecule has 0 amide bonds. The van der Waals surface area contributed by atoms with Crippen LogP contribution in [0, 0.1) is 17.8 Å². The van der Waals surface area contributed by atoms with Gasteiger partial charge in [-0.1, -0.05) is 26.8 Å². The average Bonchev–Trinajstić information content (AvgIpc) is 3.57. The molecule has 0 spiro atoms. The molecule has 0 bridgehead atoms. The first-order valence-corrected chi connectivity index (χ1v) is 12.6. The summed E-state index contributed by atoms with van der Waals surface area (Å²) in [6.07, 6.45) is 6.96. The van der Waals surface area contributed by atoms with Gasteiger partial charge in [-0.25, -0.2) is 0 Å². The third-order valence-corrected chi connectivity index (χ3v) is 8.54. The molecule has 4 rings (SSSR count). The number of cyclic esters (lactones) is 1. The first-order valence-electron chi connectivity index (χ1n) is 12.6. The van der Waals surface area contributed by atoms with Crippen LogP contribution >= 0.6 is 0 Å². The lowest BCUT2D eigenvalue weighted by molar-refractivity contribution is -0.206. The minimum Gasteiger partial charge on any atom is -0.458 e. The molecule has 0 aliphatic carbocycles. The van der Waals surface area contributed by atoms with E-state index in [0.717, 1.165) is 12.8 Å². The van der Waals surface area contributed by atoms with E-state index >= 15 is 0 Å². The van der Waals surface area contributed by atoms with Crippen molar-refractivity contribution >= 4 is 5.97 Å². The predicted molar refractivity (Wildman–Crippen MR) is 123 cm³/mol. The van der Waals surface area contributed by atoms with E-state index in [-0.39, 0.29) is 59.3 Å². The Hall–Kier alpha value is -0.990. The van der Waals surface area contributed by atoms with Gasteiger partial charge >= 0.3 is 5.97 Å². The number of epoxide rings is 2. The minimum absolute atomic E-state index is 0.0308. The molecule has 4 aliphatic rings. The van der Waals surface area contributed by atoms with Crippen molar-refractivity contribution in [3.05, 3.63) is 12.2 Å². The molecule has 4 fully saturated rings. The van der Waals surface area contributed by atoms with Gasteiger partial charge in [0, 0.05) is 31.3 Å². The first-order chi connectivity index (χ1) is 15.5. The fraction of sp³-hybridized carbons (Fsp3) is 0.885. The Morgan fingerprint density at radius 3 is 2.42 bits per heavy atom. The van der Waals surface area contributed by atoms with Crippen LogP contribution in [0.5, 0.6) is 0 Å². The van der Waals surface area contributed by atoms with E-state index in [1.54, 1.807) is 7.11 Å². The van der Waals surface area contributed by atoms with Gasteiger partial charge in [0.2, 0.25) is 0 Å². The SMILES string of the molecule is CO[C@@H]([C@H](C)/C=C\[C@@H]1OC(=O)CC[C@@]2(C)O[C@@H]2CC[C@@]2(C)O[C@@H]2[C@H]1C)[C@@H](C)C1(C)OCCO1. The molecule has 33 heavy (non-hydrogen) atoms. The number of rotatable bonds is 6. The fourth-order valence-corrected chi connectivity index (χ4v) is 5.83. The maximum atomic E-state index is 12.7. The Morgan fingerprint density at radius 1 is 1.06 bits per heavy atom. The number of carbonyl (C=O) groups is 1. The molecule has 4 aliphatic heterocycles. The van der Waals surface area contributed by atoms with Crippen LogP contribution in [-0.4, -0.2) is 67.7 Å². The average molecular weight is 467 g/mol. The van der Waals surface area contributed by atoms with Gasteiger partial charge in [-0.3, -0.25) is 4.79 Å². The molecule has 0 aromatic heterocycles. The zero-order valence-electron chi connectivity index (χ0n) is 21.3. The second kappa shape index (κ2) is 9.23. The number of esters is 1. The lowest BCUT2D eigenvalue weighted by atomic mass is 9.85. The molecule has 7 nitrogen and oxygen atoms in total. The maximum Gasteiger partial charge on any atom is 0.306 e. The Morgan fingerprint density at radius 2 is 1.76 bits per heavy atom. The summed E-state index contributed by atoms with van der Waals surface area (Å²) in [5, 5.41) is 0. The lowest BCUT2D eigenvalue weighted by Gasteiger charge is -2.36. The third kappa shape index (κ3) is 5.18. The summed E-state index contributed by atoms with van der Waals surface area (Å²) >= 11 is 0. The van der Waals surface area contributed by atoms with Gasteiger partial charge in [0.25, 0.3) is 0 Å². The van der Waals surface area contributed by atoms with E-state index in [4.69, 9.17) is 28.4 Å². The number of methoxy groups -OCH3 is 1. The summed E-state index contributed by atoms with van der Waals surface area (Å²) in [5.74, 6) is -0.667. The van der Waals surface area contributed by atoms with Crippen molar-refractivity contribution in [2.24, 2.45) is 17.8 Å². The highest BCUT2D eigenvalue weighted by Gasteiger charge is 2.59. The maximum absolute atomic E-state index is 12.7. The monoisotopic (exact) mass is 466 g/mol. The smallest absolute Gasteiger partial charge is 0.306 e.